The van der Waals surface area contributed by atoms with Crippen molar-refractivity contribution in [2.45, 2.75) is 25.1 Å². The summed E-state index contributed by atoms with van der Waals surface area (Å²) in [6.45, 7) is 0.441. The summed E-state index contributed by atoms with van der Waals surface area (Å²) in [6.07, 6.45) is -0.523. The average Bonchev–Trinajstić information content (AvgIpc) is 2.72. The third-order valence-electron chi connectivity index (χ3n) is 3.23. The van der Waals surface area contributed by atoms with Gasteiger partial charge in [0, 0.05) is 19.5 Å². The fraction of sp³-hybridized carbons (Fsp3) is 0.385. The van der Waals surface area contributed by atoms with E-state index in [9.17, 15) is 14.3 Å². The standard InChI is InChI=1S/C13H13FN2O3/c14-10-2-1-8(9(3-10)5-15)6-16-7-11(17)4-12(16)13(18)19/h1-3,11-12,17H,4,6-7H2,(H,18,19). The minimum Gasteiger partial charge on any atom is -0.480 e. The summed E-state index contributed by atoms with van der Waals surface area (Å²) < 4.78 is 13.0. The van der Waals surface area contributed by atoms with Crippen molar-refractivity contribution in [3.05, 3.63) is 35.1 Å². The van der Waals surface area contributed by atoms with Crippen molar-refractivity contribution in [2.75, 3.05) is 6.54 Å². The summed E-state index contributed by atoms with van der Waals surface area (Å²) in [6, 6.07) is 4.94. The van der Waals surface area contributed by atoms with Crippen LogP contribution in [0.3, 0.4) is 0 Å². The molecule has 1 aliphatic rings. The topological polar surface area (TPSA) is 84.6 Å². The molecule has 1 aromatic carbocycles. The Hall–Kier alpha value is -1.97. The van der Waals surface area contributed by atoms with Crippen molar-refractivity contribution in [1.82, 2.24) is 4.90 Å². The number of aliphatic hydroxyl groups excluding tert-OH is 1. The number of halogens is 1. The molecule has 0 amide bonds. The van der Waals surface area contributed by atoms with Gasteiger partial charge in [-0.3, -0.25) is 9.69 Å². The zero-order valence-electron chi connectivity index (χ0n) is 10.1. The third kappa shape index (κ3) is 2.89. The highest BCUT2D eigenvalue weighted by Crippen LogP contribution is 2.22. The van der Waals surface area contributed by atoms with E-state index in [1.165, 1.54) is 12.1 Å². The molecule has 2 rings (SSSR count). The molecule has 0 aliphatic carbocycles. The Bertz CT molecular complexity index is 541. The Kier molecular flexibility index (Phi) is 3.79. The van der Waals surface area contributed by atoms with E-state index in [0.717, 1.165) is 6.07 Å². The second-order valence-electron chi connectivity index (χ2n) is 4.59. The predicted molar refractivity (Wildman–Crippen MR) is 63.6 cm³/mol. The van der Waals surface area contributed by atoms with Gasteiger partial charge in [-0.1, -0.05) is 6.07 Å². The number of nitrogens with zero attached hydrogens (tertiary/aromatic N) is 2. The maximum atomic E-state index is 13.0. The molecule has 1 fully saturated rings. The normalized spacial score (nSPS) is 23.2. The number of aliphatic carboxylic acids is 1. The molecule has 2 unspecified atom stereocenters. The molecular formula is C13H13FN2O3. The van der Waals surface area contributed by atoms with Crippen LogP contribution in [0.5, 0.6) is 0 Å². The number of carboxylic acids is 1. The molecule has 0 radical (unpaired) electrons. The molecule has 2 N–H and O–H groups in total. The Morgan fingerprint density at radius 2 is 2.32 bits per heavy atom. The molecule has 100 valence electrons. The van der Waals surface area contributed by atoms with E-state index in [0.29, 0.717) is 5.56 Å². The Morgan fingerprint density at radius 3 is 2.95 bits per heavy atom. The zero-order chi connectivity index (χ0) is 14.0. The molecule has 1 heterocycles. The number of aliphatic hydroxyl groups is 1. The predicted octanol–water partition coefficient (Wildman–Crippen LogP) is 0.717. The van der Waals surface area contributed by atoms with E-state index >= 15 is 0 Å². The lowest BCUT2D eigenvalue weighted by molar-refractivity contribution is -0.142. The van der Waals surface area contributed by atoms with Gasteiger partial charge in [0.25, 0.3) is 0 Å². The number of carbonyl (C=O) groups is 1. The smallest absolute Gasteiger partial charge is 0.321 e. The van der Waals surface area contributed by atoms with Gasteiger partial charge in [-0.25, -0.2) is 4.39 Å². The lowest BCUT2D eigenvalue weighted by Gasteiger charge is -2.21. The van der Waals surface area contributed by atoms with Gasteiger partial charge in [0.1, 0.15) is 11.9 Å². The van der Waals surface area contributed by atoms with Crippen LogP contribution in [0.25, 0.3) is 0 Å². The van der Waals surface area contributed by atoms with E-state index in [2.05, 4.69) is 0 Å². The van der Waals surface area contributed by atoms with E-state index in [4.69, 9.17) is 10.4 Å². The fourth-order valence-electron chi connectivity index (χ4n) is 2.32. The molecule has 1 aromatic rings. The summed E-state index contributed by atoms with van der Waals surface area (Å²) >= 11 is 0. The lowest BCUT2D eigenvalue weighted by atomic mass is 10.1. The van der Waals surface area contributed by atoms with Gasteiger partial charge in [-0.05, 0) is 17.7 Å². The first-order valence-electron chi connectivity index (χ1n) is 5.84. The molecular weight excluding hydrogens is 251 g/mol. The largest absolute Gasteiger partial charge is 0.480 e. The van der Waals surface area contributed by atoms with Crippen LogP contribution in [0, 0.1) is 17.1 Å². The van der Waals surface area contributed by atoms with E-state index < -0.39 is 23.9 Å². The first-order chi connectivity index (χ1) is 9.01. The number of β-amino-alcohol motifs (C(OH)–C–C–N with tert-alkyl or cyclic N) is 1. The van der Waals surface area contributed by atoms with Crippen LogP contribution in [-0.2, 0) is 11.3 Å². The molecule has 0 spiro atoms. The average molecular weight is 264 g/mol. The maximum Gasteiger partial charge on any atom is 0.321 e. The van der Waals surface area contributed by atoms with Crippen molar-refractivity contribution in [2.24, 2.45) is 0 Å². The molecule has 1 aliphatic heterocycles. The minimum atomic E-state index is -1.00. The van der Waals surface area contributed by atoms with Gasteiger partial charge in [0.05, 0.1) is 17.7 Å². The summed E-state index contributed by atoms with van der Waals surface area (Å²) in [5.41, 5.74) is 0.745. The number of likely N-dealkylation sites (tertiary alicyclic amines) is 1. The van der Waals surface area contributed by atoms with Gasteiger partial charge in [-0.2, -0.15) is 5.26 Å². The molecule has 19 heavy (non-hydrogen) atoms. The Balaban J connectivity index is 2.21. The highest BCUT2D eigenvalue weighted by Gasteiger charge is 2.36. The number of nitriles is 1. The summed E-state index contributed by atoms with van der Waals surface area (Å²) in [4.78, 5) is 12.7. The molecule has 0 bridgehead atoms. The van der Waals surface area contributed by atoms with Crippen LogP contribution in [0.2, 0.25) is 0 Å². The highest BCUT2D eigenvalue weighted by atomic mass is 19.1. The van der Waals surface area contributed by atoms with Crippen LogP contribution >= 0.6 is 0 Å². The van der Waals surface area contributed by atoms with Crippen molar-refractivity contribution in [1.29, 1.82) is 5.26 Å². The molecule has 0 aromatic heterocycles. The van der Waals surface area contributed by atoms with Crippen molar-refractivity contribution in [3.8, 4) is 6.07 Å². The van der Waals surface area contributed by atoms with Crippen LogP contribution < -0.4 is 0 Å². The maximum absolute atomic E-state index is 13.0. The van der Waals surface area contributed by atoms with E-state index in [1.54, 1.807) is 4.90 Å². The number of rotatable bonds is 3. The summed E-state index contributed by atoms with van der Waals surface area (Å²) in [5.74, 6) is -1.51. The Morgan fingerprint density at radius 1 is 1.58 bits per heavy atom. The summed E-state index contributed by atoms with van der Waals surface area (Å²) in [5, 5.41) is 27.6. The van der Waals surface area contributed by atoms with Gasteiger partial charge in [0.15, 0.2) is 0 Å². The number of hydrogen-bond acceptors (Lipinski definition) is 4. The lowest BCUT2D eigenvalue weighted by Crippen LogP contribution is -2.35. The summed E-state index contributed by atoms with van der Waals surface area (Å²) in [7, 11) is 0. The molecule has 0 saturated carbocycles. The molecule has 1 saturated heterocycles. The molecule has 5 nitrogen and oxygen atoms in total. The first kappa shape index (κ1) is 13.5. The van der Waals surface area contributed by atoms with Crippen LogP contribution in [0.1, 0.15) is 17.5 Å². The Labute approximate surface area is 109 Å². The monoisotopic (exact) mass is 264 g/mol. The number of hydrogen-bond donors (Lipinski definition) is 2. The number of benzene rings is 1. The van der Waals surface area contributed by atoms with E-state index in [-0.39, 0.29) is 25.1 Å². The minimum absolute atomic E-state index is 0.165. The SMILES string of the molecule is N#Cc1cc(F)ccc1CN1CC(O)CC1C(=O)O. The third-order valence-corrected chi connectivity index (χ3v) is 3.23. The van der Waals surface area contributed by atoms with Crippen LogP contribution in [0.15, 0.2) is 18.2 Å². The van der Waals surface area contributed by atoms with Crippen molar-refractivity contribution >= 4 is 5.97 Å². The van der Waals surface area contributed by atoms with Crippen LogP contribution in [-0.4, -0.2) is 39.8 Å². The zero-order valence-corrected chi connectivity index (χ0v) is 10.1. The molecule has 2 atom stereocenters. The van der Waals surface area contributed by atoms with Gasteiger partial charge in [-0.15, -0.1) is 0 Å². The van der Waals surface area contributed by atoms with Gasteiger partial charge in [0.2, 0.25) is 0 Å². The number of carboxylic acid groups (broad SMARTS) is 1. The quantitative estimate of drug-likeness (QED) is 0.840. The van der Waals surface area contributed by atoms with E-state index in [1.807, 2.05) is 6.07 Å². The fourth-order valence-corrected chi connectivity index (χ4v) is 2.32. The molecule has 6 heteroatoms. The highest BCUT2D eigenvalue weighted by molar-refractivity contribution is 5.74. The first-order valence-corrected chi connectivity index (χ1v) is 5.84. The second kappa shape index (κ2) is 5.34. The van der Waals surface area contributed by atoms with Crippen molar-refractivity contribution < 1.29 is 19.4 Å². The van der Waals surface area contributed by atoms with Gasteiger partial charge < -0.3 is 10.2 Å². The van der Waals surface area contributed by atoms with Gasteiger partial charge >= 0.3 is 5.97 Å². The van der Waals surface area contributed by atoms with Crippen LogP contribution in [0.4, 0.5) is 4.39 Å². The van der Waals surface area contributed by atoms with Crippen molar-refractivity contribution in [3.63, 3.8) is 0 Å². The second-order valence-corrected chi connectivity index (χ2v) is 4.59.